The number of nitrogens with zero attached hydrogens (tertiary/aromatic N) is 1. The second-order valence-electron chi connectivity index (χ2n) is 3.12. The summed E-state index contributed by atoms with van der Waals surface area (Å²) in [7, 11) is 0. The van der Waals surface area contributed by atoms with Gasteiger partial charge < -0.3 is 10.4 Å². The fourth-order valence-corrected chi connectivity index (χ4v) is 1.16. The van der Waals surface area contributed by atoms with E-state index in [1.807, 2.05) is 0 Å². The van der Waals surface area contributed by atoms with Crippen molar-refractivity contribution < 1.29 is 5.11 Å². The molecule has 13 heavy (non-hydrogen) atoms. The highest BCUT2D eigenvalue weighted by molar-refractivity contribution is 4.99. The topological polar surface area (TPSA) is 35.5 Å². The van der Waals surface area contributed by atoms with E-state index < -0.39 is 0 Å². The number of aliphatic hydroxyl groups excluding tert-OH is 1. The molecule has 0 bridgehead atoms. The first-order valence-electron chi connectivity index (χ1n) is 4.95. The van der Waals surface area contributed by atoms with Gasteiger partial charge in [0.1, 0.15) is 0 Å². The number of likely N-dealkylation sites (N-methyl/N-ethyl adjacent to an activating group) is 2. The third-order valence-electron chi connectivity index (χ3n) is 1.94. The van der Waals surface area contributed by atoms with E-state index in [0.717, 1.165) is 32.7 Å². The Kier molecular flexibility index (Phi) is 7.99. The number of aliphatic hydroxyl groups is 1. The van der Waals surface area contributed by atoms with Gasteiger partial charge in [0.15, 0.2) is 0 Å². The van der Waals surface area contributed by atoms with Crippen LogP contribution in [0.15, 0.2) is 12.2 Å². The van der Waals surface area contributed by atoms with Crippen molar-refractivity contribution >= 4 is 0 Å². The van der Waals surface area contributed by atoms with Gasteiger partial charge in [-0.05, 0) is 18.7 Å². The minimum absolute atomic E-state index is 0.225. The van der Waals surface area contributed by atoms with Crippen molar-refractivity contribution in [3.05, 3.63) is 12.2 Å². The average Bonchev–Trinajstić information content (AvgIpc) is 2.14. The standard InChI is InChI=1S/C10H22N2O/c1-4-11-8-10(3)9-12(5-2)6-7-13/h11,13H,3-9H2,1-2H3. The lowest BCUT2D eigenvalue weighted by molar-refractivity contribution is 0.211. The third kappa shape index (κ3) is 6.75. The van der Waals surface area contributed by atoms with Gasteiger partial charge in [-0.15, -0.1) is 0 Å². The summed E-state index contributed by atoms with van der Waals surface area (Å²) in [5, 5.41) is 12.0. The van der Waals surface area contributed by atoms with Gasteiger partial charge in [0.2, 0.25) is 0 Å². The molecule has 0 heterocycles. The molecule has 0 aliphatic rings. The molecule has 0 rings (SSSR count). The van der Waals surface area contributed by atoms with Gasteiger partial charge in [-0.2, -0.15) is 0 Å². The predicted octanol–water partition coefficient (Wildman–Crippen LogP) is 0.466. The van der Waals surface area contributed by atoms with Crippen LogP contribution in [0.5, 0.6) is 0 Å². The van der Waals surface area contributed by atoms with Crippen LogP contribution in [0.4, 0.5) is 0 Å². The number of hydrogen-bond donors (Lipinski definition) is 2. The zero-order valence-electron chi connectivity index (χ0n) is 8.84. The van der Waals surface area contributed by atoms with Crippen molar-refractivity contribution in [2.24, 2.45) is 0 Å². The lowest BCUT2D eigenvalue weighted by atomic mass is 10.2. The van der Waals surface area contributed by atoms with Crippen LogP contribution in [0, 0.1) is 0 Å². The van der Waals surface area contributed by atoms with Gasteiger partial charge in [0.25, 0.3) is 0 Å². The molecule has 0 aromatic carbocycles. The fraction of sp³-hybridized carbons (Fsp3) is 0.800. The van der Waals surface area contributed by atoms with E-state index >= 15 is 0 Å². The van der Waals surface area contributed by atoms with Crippen LogP contribution in [-0.2, 0) is 0 Å². The maximum absolute atomic E-state index is 8.77. The molecule has 0 saturated heterocycles. The van der Waals surface area contributed by atoms with E-state index in [4.69, 9.17) is 5.11 Å². The second-order valence-corrected chi connectivity index (χ2v) is 3.12. The van der Waals surface area contributed by atoms with E-state index in [2.05, 4.69) is 30.6 Å². The Labute approximate surface area is 81.4 Å². The van der Waals surface area contributed by atoms with Gasteiger partial charge in [0, 0.05) is 19.6 Å². The maximum atomic E-state index is 8.77. The van der Waals surface area contributed by atoms with Gasteiger partial charge in [0.05, 0.1) is 6.61 Å². The van der Waals surface area contributed by atoms with Crippen LogP contribution in [0.1, 0.15) is 13.8 Å². The Bertz CT molecular complexity index is 137. The zero-order valence-corrected chi connectivity index (χ0v) is 8.84. The molecule has 0 atom stereocenters. The molecule has 0 fully saturated rings. The van der Waals surface area contributed by atoms with Gasteiger partial charge in [-0.1, -0.05) is 20.4 Å². The molecule has 3 nitrogen and oxygen atoms in total. The van der Waals surface area contributed by atoms with Gasteiger partial charge >= 0.3 is 0 Å². The molecule has 0 radical (unpaired) electrons. The quantitative estimate of drug-likeness (QED) is 0.541. The monoisotopic (exact) mass is 186 g/mol. The Morgan fingerprint density at radius 1 is 1.46 bits per heavy atom. The lowest BCUT2D eigenvalue weighted by Crippen LogP contribution is -2.31. The highest BCUT2D eigenvalue weighted by atomic mass is 16.3. The molecule has 0 aliphatic heterocycles. The molecule has 0 unspecified atom stereocenters. The van der Waals surface area contributed by atoms with Gasteiger partial charge in [-0.3, -0.25) is 4.90 Å². The predicted molar refractivity (Wildman–Crippen MR) is 56.9 cm³/mol. The van der Waals surface area contributed by atoms with E-state index in [1.54, 1.807) is 0 Å². The smallest absolute Gasteiger partial charge is 0.0558 e. The van der Waals surface area contributed by atoms with Crippen LogP contribution in [-0.4, -0.2) is 49.3 Å². The maximum Gasteiger partial charge on any atom is 0.0558 e. The highest BCUT2D eigenvalue weighted by Crippen LogP contribution is 1.94. The average molecular weight is 186 g/mol. The molecule has 0 aromatic heterocycles. The summed E-state index contributed by atoms with van der Waals surface area (Å²) in [6.07, 6.45) is 0. The summed E-state index contributed by atoms with van der Waals surface area (Å²) >= 11 is 0. The van der Waals surface area contributed by atoms with Crippen molar-refractivity contribution in [1.82, 2.24) is 10.2 Å². The largest absolute Gasteiger partial charge is 0.395 e. The molecule has 0 amide bonds. The Morgan fingerprint density at radius 3 is 2.62 bits per heavy atom. The Hall–Kier alpha value is -0.380. The summed E-state index contributed by atoms with van der Waals surface area (Å²) in [6.45, 7) is 12.8. The Morgan fingerprint density at radius 2 is 2.15 bits per heavy atom. The number of rotatable bonds is 8. The molecular weight excluding hydrogens is 164 g/mol. The number of hydrogen-bond acceptors (Lipinski definition) is 3. The fourth-order valence-electron chi connectivity index (χ4n) is 1.16. The second kappa shape index (κ2) is 8.23. The van der Waals surface area contributed by atoms with E-state index in [0.29, 0.717) is 0 Å². The molecule has 0 spiro atoms. The molecule has 78 valence electrons. The molecule has 0 saturated carbocycles. The Balaban J connectivity index is 3.60. The van der Waals surface area contributed by atoms with Crippen molar-refractivity contribution in [2.75, 3.05) is 39.3 Å². The van der Waals surface area contributed by atoms with Crippen molar-refractivity contribution in [3.63, 3.8) is 0 Å². The van der Waals surface area contributed by atoms with E-state index in [9.17, 15) is 0 Å². The van der Waals surface area contributed by atoms with Crippen LogP contribution < -0.4 is 5.32 Å². The lowest BCUT2D eigenvalue weighted by Gasteiger charge is -2.20. The van der Waals surface area contributed by atoms with E-state index in [1.165, 1.54) is 5.57 Å². The minimum atomic E-state index is 0.225. The summed E-state index contributed by atoms with van der Waals surface area (Å²) in [5.74, 6) is 0. The van der Waals surface area contributed by atoms with Crippen molar-refractivity contribution in [2.45, 2.75) is 13.8 Å². The normalized spacial score (nSPS) is 10.8. The zero-order chi connectivity index (χ0) is 10.1. The third-order valence-corrected chi connectivity index (χ3v) is 1.94. The van der Waals surface area contributed by atoms with Crippen LogP contribution in [0.2, 0.25) is 0 Å². The SMILES string of the molecule is C=C(CNCC)CN(CC)CCO. The van der Waals surface area contributed by atoms with Crippen LogP contribution >= 0.6 is 0 Å². The van der Waals surface area contributed by atoms with Crippen LogP contribution in [0.25, 0.3) is 0 Å². The van der Waals surface area contributed by atoms with Crippen LogP contribution in [0.3, 0.4) is 0 Å². The number of nitrogens with one attached hydrogen (secondary N) is 1. The van der Waals surface area contributed by atoms with Gasteiger partial charge in [-0.25, -0.2) is 0 Å². The summed E-state index contributed by atoms with van der Waals surface area (Å²) < 4.78 is 0. The summed E-state index contributed by atoms with van der Waals surface area (Å²) in [5.41, 5.74) is 1.18. The van der Waals surface area contributed by atoms with E-state index in [-0.39, 0.29) is 6.61 Å². The van der Waals surface area contributed by atoms with Crippen molar-refractivity contribution in [3.8, 4) is 0 Å². The molecule has 0 aliphatic carbocycles. The van der Waals surface area contributed by atoms with Crippen molar-refractivity contribution in [1.29, 1.82) is 0 Å². The summed E-state index contributed by atoms with van der Waals surface area (Å²) in [4.78, 5) is 2.18. The summed E-state index contributed by atoms with van der Waals surface area (Å²) in [6, 6.07) is 0. The molecule has 2 N–H and O–H groups in total. The highest BCUT2D eigenvalue weighted by Gasteiger charge is 2.02. The first kappa shape index (κ1) is 12.6. The minimum Gasteiger partial charge on any atom is -0.395 e. The first-order valence-corrected chi connectivity index (χ1v) is 4.95. The molecular formula is C10H22N2O. The first-order chi connectivity index (χ1) is 6.24. The molecule has 0 aromatic rings. The molecule has 3 heteroatoms.